The van der Waals surface area contributed by atoms with Gasteiger partial charge >= 0.3 is 6.03 Å². The molecular formula is C25H34N2O2. The van der Waals surface area contributed by atoms with Crippen molar-refractivity contribution in [2.24, 2.45) is 0 Å². The van der Waals surface area contributed by atoms with Gasteiger partial charge in [-0.05, 0) is 41.4 Å². The highest BCUT2D eigenvalue weighted by molar-refractivity contribution is 5.91. The Hall–Kier alpha value is -2.33. The Kier molecular flexibility index (Phi) is 6.96. The topological polar surface area (TPSA) is 50.4 Å². The molecule has 4 heteroatoms. The second-order valence-corrected chi connectivity index (χ2v) is 8.69. The second kappa shape index (κ2) is 9.45. The third-order valence-corrected chi connectivity index (χ3v) is 6.03. The molecule has 2 aromatic carbocycles. The Morgan fingerprint density at radius 3 is 2.07 bits per heavy atom. The van der Waals surface area contributed by atoms with Crippen molar-refractivity contribution in [2.45, 2.75) is 57.8 Å². The second-order valence-electron chi connectivity index (χ2n) is 8.69. The molecule has 3 rings (SSSR count). The fourth-order valence-corrected chi connectivity index (χ4v) is 4.22. The van der Waals surface area contributed by atoms with Crippen LogP contribution in [0.4, 0.5) is 10.5 Å². The van der Waals surface area contributed by atoms with Crippen molar-refractivity contribution in [1.29, 1.82) is 0 Å². The van der Waals surface area contributed by atoms with E-state index in [9.17, 15) is 4.79 Å². The monoisotopic (exact) mass is 394 g/mol. The predicted molar refractivity (Wildman–Crippen MR) is 120 cm³/mol. The van der Waals surface area contributed by atoms with Gasteiger partial charge in [0.1, 0.15) is 0 Å². The minimum atomic E-state index is -0.137. The van der Waals surface area contributed by atoms with Crippen molar-refractivity contribution in [3.63, 3.8) is 0 Å². The van der Waals surface area contributed by atoms with Gasteiger partial charge in [-0.3, -0.25) is 0 Å². The highest BCUT2D eigenvalue weighted by Crippen LogP contribution is 2.35. The van der Waals surface area contributed by atoms with Gasteiger partial charge in [0.2, 0.25) is 0 Å². The first-order chi connectivity index (χ1) is 13.9. The van der Waals surface area contributed by atoms with Crippen LogP contribution in [0.1, 0.15) is 69.1 Å². The minimum absolute atomic E-state index is 0.0741. The maximum Gasteiger partial charge on any atom is 0.319 e. The molecule has 2 aromatic rings. The zero-order chi connectivity index (χ0) is 20.9. The van der Waals surface area contributed by atoms with E-state index in [-0.39, 0.29) is 11.4 Å². The summed E-state index contributed by atoms with van der Waals surface area (Å²) in [4.78, 5) is 12.9. The normalized spacial score (nSPS) is 16.1. The van der Waals surface area contributed by atoms with Gasteiger partial charge < -0.3 is 15.4 Å². The number of amides is 2. The fourth-order valence-electron chi connectivity index (χ4n) is 4.22. The molecule has 1 heterocycles. The Morgan fingerprint density at radius 1 is 0.931 bits per heavy atom. The molecular weight excluding hydrogens is 360 g/mol. The highest BCUT2D eigenvalue weighted by Gasteiger charge is 2.34. The average molecular weight is 395 g/mol. The number of carbonyl (C=O) groups excluding carboxylic acids is 1. The number of para-hydroxylation sites is 1. The van der Waals surface area contributed by atoms with E-state index in [2.05, 4.69) is 80.8 Å². The van der Waals surface area contributed by atoms with Gasteiger partial charge in [0.25, 0.3) is 0 Å². The van der Waals surface area contributed by atoms with Crippen molar-refractivity contribution in [3.8, 4) is 0 Å². The summed E-state index contributed by atoms with van der Waals surface area (Å²) in [7, 11) is 0. The molecule has 0 unspecified atom stereocenters. The van der Waals surface area contributed by atoms with E-state index < -0.39 is 0 Å². The van der Waals surface area contributed by atoms with E-state index in [1.165, 1.54) is 16.7 Å². The van der Waals surface area contributed by atoms with Crippen LogP contribution in [-0.4, -0.2) is 25.8 Å². The van der Waals surface area contributed by atoms with Crippen LogP contribution >= 0.6 is 0 Å². The van der Waals surface area contributed by atoms with Gasteiger partial charge in [0, 0.05) is 30.9 Å². The maximum absolute atomic E-state index is 12.9. The predicted octanol–water partition coefficient (Wildman–Crippen LogP) is 5.80. The third kappa shape index (κ3) is 4.99. The number of urea groups is 1. The van der Waals surface area contributed by atoms with Crippen LogP contribution in [0.25, 0.3) is 0 Å². The van der Waals surface area contributed by atoms with E-state index in [0.717, 1.165) is 31.7 Å². The fraction of sp³-hybridized carbons (Fsp3) is 0.480. The lowest BCUT2D eigenvalue weighted by molar-refractivity contribution is 0.0508. The van der Waals surface area contributed by atoms with Gasteiger partial charge in [0.15, 0.2) is 0 Å². The minimum Gasteiger partial charge on any atom is -0.381 e. The van der Waals surface area contributed by atoms with Gasteiger partial charge in [0.05, 0.1) is 0 Å². The number of carbonyl (C=O) groups is 1. The van der Waals surface area contributed by atoms with E-state index in [4.69, 9.17) is 4.74 Å². The summed E-state index contributed by atoms with van der Waals surface area (Å²) in [6, 6.07) is 16.7. The van der Waals surface area contributed by atoms with Crippen LogP contribution in [0.5, 0.6) is 0 Å². The molecule has 0 aliphatic carbocycles. The first-order valence-electron chi connectivity index (χ1n) is 10.7. The van der Waals surface area contributed by atoms with Crippen molar-refractivity contribution in [2.75, 3.05) is 25.1 Å². The van der Waals surface area contributed by atoms with E-state index in [1.54, 1.807) is 0 Å². The van der Waals surface area contributed by atoms with Gasteiger partial charge in [-0.15, -0.1) is 0 Å². The SMILES string of the molecule is CC(C)c1cccc(C(C)C)c1NC(=O)NCC1(c2ccccc2)CCOCC1. The Labute approximate surface area is 175 Å². The molecule has 1 fully saturated rings. The molecule has 29 heavy (non-hydrogen) atoms. The lowest BCUT2D eigenvalue weighted by atomic mass is 9.74. The number of benzene rings is 2. The van der Waals surface area contributed by atoms with Crippen LogP contribution in [0.15, 0.2) is 48.5 Å². The van der Waals surface area contributed by atoms with E-state index >= 15 is 0 Å². The summed E-state index contributed by atoms with van der Waals surface area (Å²) in [5.74, 6) is 0.685. The van der Waals surface area contributed by atoms with Crippen molar-refractivity contribution in [1.82, 2.24) is 5.32 Å². The molecule has 2 N–H and O–H groups in total. The van der Waals surface area contributed by atoms with Gasteiger partial charge in [-0.25, -0.2) is 4.79 Å². The first-order valence-corrected chi connectivity index (χ1v) is 10.7. The molecule has 4 nitrogen and oxygen atoms in total. The van der Waals surface area contributed by atoms with Crippen LogP contribution < -0.4 is 10.6 Å². The van der Waals surface area contributed by atoms with E-state index in [0.29, 0.717) is 18.4 Å². The standard InChI is InChI=1S/C25H34N2O2/c1-18(2)21-11-8-12-22(19(3)4)23(21)27-24(28)26-17-25(13-15-29-16-14-25)20-9-6-5-7-10-20/h5-12,18-19H,13-17H2,1-4H3,(H2,26,27,28). The Morgan fingerprint density at radius 2 is 1.52 bits per heavy atom. The number of rotatable bonds is 6. The number of hydrogen-bond acceptors (Lipinski definition) is 2. The van der Waals surface area contributed by atoms with Crippen molar-refractivity contribution >= 4 is 11.7 Å². The lowest BCUT2D eigenvalue weighted by Gasteiger charge is -2.38. The summed E-state index contributed by atoms with van der Waals surface area (Å²) in [5.41, 5.74) is 4.50. The molecule has 156 valence electrons. The largest absolute Gasteiger partial charge is 0.381 e. The Bertz CT molecular complexity index is 783. The summed E-state index contributed by atoms with van der Waals surface area (Å²) in [6.45, 7) is 10.7. The van der Waals surface area contributed by atoms with Crippen molar-refractivity contribution < 1.29 is 9.53 Å². The molecule has 0 aromatic heterocycles. The number of ether oxygens (including phenoxy) is 1. The number of hydrogen-bond donors (Lipinski definition) is 2. The lowest BCUT2D eigenvalue weighted by Crippen LogP contribution is -2.45. The molecule has 1 aliphatic rings. The molecule has 0 bridgehead atoms. The summed E-state index contributed by atoms with van der Waals surface area (Å²) in [5, 5.41) is 6.34. The average Bonchev–Trinajstić information content (AvgIpc) is 2.73. The first kappa shape index (κ1) is 21.4. The van der Waals surface area contributed by atoms with Crippen LogP contribution in [0, 0.1) is 0 Å². The summed E-state index contributed by atoms with van der Waals surface area (Å²) >= 11 is 0. The molecule has 0 saturated carbocycles. The molecule has 0 radical (unpaired) electrons. The number of nitrogens with one attached hydrogen (secondary N) is 2. The maximum atomic E-state index is 12.9. The van der Waals surface area contributed by atoms with Crippen LogP contribution in [0.2, 0.25) is 0 Å². The third-order valence-electron chi connectivity index (χ3n) is 6.03. The van der Waals surface area contributed by atoms with E-state index in [1.807, 2.05) is 6.07 Å². The molecule has 2 amide bonds. The van der Waals surface area contributed by atoms with Crippen molar-refractivity contribution in [3.05, 3.63) is 65.2 Å². The molecule has 1 aliphatic heterocycles. The Balaban J connectivity index is 1.77. The zero-order valence-electron chi connectivity index (χ0n) is 18.1. The highest BCUT2D eigenvalue weighted by atomic mass is 16.5. The molecule has 0 spiro atoms. The van der Waals surface area contributed by atoms with Gasteiger partial charge in [-0.1, -0.05) is 76.2 Å². The quantitative estimate of drug-likeness (QED) is 0.650. The zero-order valence-corrected chi connectivity index (χ0v) is 18.1. The van der Waals surface area contributed by atoms with Crippen LogP contribution in [0.3, 0.4) is 0 Å². The number of anilines is 1. The summed E-state index contributed by atoms with van der Waals surface area (Å²) < 4.78 is 5.60. The molecule has 1 saturated heterocycles. The van der Waals surface area contributed by atoms with Gasteiger partial charge in [-0.2, -0.15) is 0 Å². The smallest absolute Gasteiger partial charge is 0.319 e. The summed E-state index contributed by atoms with van der Waals surface area (Å²) in [6.07, 6.45) is 1.83. The molecule has 0 atom stereocenters. The van der Waals surface area contributed by atoms with Crippen LogP contribution in [-0.2, 0) is 10.2 Å².